The molecular weight excluding hydrogens is 134 g/mol. The molecule has 0 aromatic rings. The molecule has 1 rings (SSSR count). The van der Waals surface area contributed by atoms with Crippen LogP contribution >= 0.6 is 0 Å². The highest BCUT2D eigenvalue weighted by Gasteiger charge is 2.03. The molecule has 1 heteroatoms. The standard InChI is InChI=1S/C10H17N/c1-2-3-8-11-9-6-4-5-7-10-11/h2-3,6-10H2,1H3. The number of unbranched alkanes of at least 4 members (excludes halogenated alkanes) is 1. The van der Waals surface area contributed by atoms with E-state index in [0.29, 0.717) is 0 Å². The van der Waals surface area contributed by atoms with Crippen LogP contribution in [-0.2, 0) is 0 Å². The highest BCUT2D eigenvalue weighted by Crippen LogP contribution is 2.00. The lowest BCUT2D eigenvalue weighted by Crippen LogP contribution is -2.25. The highest BCUT2D eigenvalue weighted by molar-refractivity contribution is 5.01. The first kappa shape index (κ1) is 8.62. The summed E-state index contributed by atoms with van der Waals surface area (Å²) in [5, 5.41) is 0. The fourth-order valence-corrected chi connectivity index (χ4v) is 1.32. The van der Waals surface area contributed by atoms with Gasteiger partial charge in [-0.05, 0) is 13.0 Å². The van der Waals surface area contributed by atoms with Crippen molar-refractivity contribution in [2.45, 2.75) is 32.6 Å². The van der Waals surface area contributed by atoms with Gasteiger partial charge in [-0.2, -0.15) is 0 Å². The summed E-state index contributed by atoms with van der Waals surface area (Å²) in [5.74, 6) is 6.32. The first-order chi connectivity index (χ1) is 5.43. The van der Waals surface area contributed by atoms with Gasteiger partial charge in [-0.25, -0.2) is 0 Å². The smallest absolute Gasteiger partial charge is 0.0217 e. The largest absolute Gasteiger partial charge is 0.301 e. The Morgan fingerprint density at radius 3 is 2.36 bits per heavy atom. The Hall–Kier alpha value is -0.480. The average molecular weight is 151 g/mol. The molecule has 0 radical (unpaired) electrons. The van der Waals surface area contributed by atoms with Crippen molar-refractivity contribution in [1.29, 1.82) is 0 Å². The average Bonchev–Trinajstić information content (AvgIpc) is 2.28. The Bertz CT molecular complexity index is 140. The fraction of sp³-hybridized carbons (Fsp3) is 0.800. The van der Waals surface area contributed by atoms with Crippen LogP contribution in [-0.4, -0.2) is 24.5 Å². The Morgan fingerprint density at radius 1 is 1.18 bits per heavy atom. The summed E-state index contributed by atoms with van der Waals surface area (Å²) < 4.78 is 0. The van der Waals surface area contributed by atoms with E-state index < -0.39 is 0 Å². The third kappa shape index (κ3) is 3.43. The lowest BCUT2D eigenvalue weighted by molar-refractivity contribution is 0.285. The molecule has 0 fully saturated rings. The van der Waals surface area contributed by atoms with Crippen LogP contribution in [0.3, 0.4) is 0 Å². The topological polar surface area (TPSA) is 3.24 Å². The summed E-state index contributed by atoms with van der Waals surface area (Å²) in [5.41, 5.74) is 0. The molecule has 1 nitrogen and oxygen atoms in total. The van der Waals surface area contributed by atoms with Crippen LogP contribution in [0.25, 0.3) is 0 Å². The summed E-state index contributed by atoms with van der Waals surface area (Å²) in [4.78, 5) is 2.51. The molecule has 0 unspecified atom stereocenters. The van der Waals surface area contributed by atoms with Gasteiger partial charge in [0.2, 0.25) is 0 Å². The summed E-state index contributed by atoms with van der Waals surface area (Å²) in [6.07, 6.45) is 4.78. The van der Waals surface area contributed by atoms with Gasteiger partial charge in [0, 0.05) is 25.9 Å². The first-order valence-electron chi connectivity index (χ1n) is 4.61. The van der Waals surface area contributed by atoms with Gasteiger partial charge in [-0.3, -0.25) is 0 Å². The van der Waals surface area contributed by atoms with Crippen molar-refractivity contribution in [2.75, 3.05) is 19.6 Å². The summed E-state index contributed by atoms with van der Waals surface area (Å²) in [7, 11) is 0. The summed E-state index contributed by atoms with van der Waals surface area (Å²) in [6.45, 7) is 5.88. The van der Waals surface area contributed by atoms with Gasteiger partial charge in [0.15, 0.2) is 0 Å². The molecular formula is C10H17N. The Morgan fingerprint density at radius 2 is 1.82 bits per heavy atom. The van der Waals surface area contributed by atoms with Gasteiger partial charge in [-0.1, -0.05) is 13.3 Å². The van der Waals surface area contributed by atoms with E-state index in [9.17, 15) is 0 Å². The minimum atomic E-state index is 1.07. The van der Waals surface area contributed by atoms with Crippen LogP contribution in [0.4, 0.5) is 0 Å². The Balaban J connectivity index is 2.14. The van der Waals surface area contributed by atoms with Crippen LogP contribution in [0.5, 0.6) is 0 Å². The molecule has 0 saturated carbocycles. The van der Waals surface area contributed by atoms with Gasteiger partial charge >= 0.3 is 0 Å². The molecule has 0 aromatic heterocycles. The third-order valence-corrected chi connectivity index (χ3v) is 2.06. The van der Waals surface area contributed by atoms with Crippen molar-refractivity contribution in [1.82, 2.24) is 4.90 Å². The molecule has 0 aromatic carbocycles. The second kappa shape index (κ2) is 5.21. The zero-order chi connectivity index (χ0) is 7.94. The van der Waals surface area contributed by atoms with E-state index in [1.54, 1.807) is 0 Å². The molecule has 0 spiro atoms. The van der Waals surface area contributed by atoms with E-state index in [0.717, 1.165) is 12.8 Å². The van der Waals surface area contributed by atoms with Crippen molar-refractivity contribution >= 4 is 0 Å². The third-order valence-electron chi connectivity index (χ3n) is 2.06. The molecule has 11 heavy (non-hydrogen) atoms. The zero-order valence-electron chi connectivity index (χ0n) is 7.40. The molecule has 62 valence electrons. The number of hydrogen-bond donors (Lipinski definition) is 0. The molecule has 1 aliphatic heterocycles. The maximum Gasteiger partial charge on any atom is 0.0217 e. The van der Waals surface area contributed by atoms with Gasteiger partial charge < -0.3 is 4.90 Å². The van der Waals surface area contributed by atoms with Crippen LogP contribution in [0.1, 0.15) is 32.6 Å². The molecule has 0 aliphatic carbocycles. The molecule has 0 N–H and O–H groups in total. The van der Waals surface area contributed by atoms with Gasteiger partial charge in [0.1, 0.15) is 0 Å². The van der Waals surface area contributed by atoms with Gasteiger partial charge in [0.25, 0.3) is 0 Å². The number of nitrogens with zero attached hydrogens (tertiary/aromatic N) is 1. The lowest BCUT2D eigenvalue weighted by atomic mass is 10.3. The first-order valence-corrected chi connectivity index (χ1v) is 4.61. The predicted octanol–water partition coefficient (Wildman–Crippen LogP) is 1.89. The van der Waals surface area contributed by atoms with Gasteiger partial charge in [0.05, 0.1) is 0 Å². The molecule has 0 saturated heterocycles. The van der Waals surface area contributed by atoms with Crippen molar-refractivity contribution in [3.05, 3.63) is 0 Å². The van der Waals surface area contributed by atoms with Crippen LogP contribution in [0, 0.1) is 11.8 Å². The highest BCUT2D eigenvalue weighted by atomic mass is 15.1. The van der Waals surface area contributed by atoms with Gasteiger partial charge in [-0.15, -0.1) is 11.8 Å². The van der Waals surface area contributed by atoms with E-state index in [4.69, 9.17) is 0 Å². The minimum Gasteiger partial charge on any atom is -0.301 e. The second-order valence-corrected chi connectivity index (χ2v) is 3.05. The monoisotopic (exact) mass is 151 g/mol. The Labute approximate surface area is 69.8 Å². The van der Waals surface area contributed by atoms with Crippen molar-refractivity contribution < 1.29 is 0 Å². The van der Waals surface area contributed by atoms with E-state index in [1.165, 1.54) is 32.5 Å². The zero-order valence-corrected chi connectivity index (χ0v) is 7.40. The number of rotatable bonds is 3. The van der Waals surface area contributed by atoms with Crippen molar-refractivity contribution in [3.8, 4) is 11.8 Å². The van der Waals surface area contributed by atoms with Crippen molar-refractivity contribution in [2.24, 2.45) is 0 Å². The van der Waals surface area contributed by atoms with E-state index >= 15 is 0 Å². The maximum atomic E-state index is 3.16. The quantitative estimate of drug-likeness (QED) is 0.557. The molecule has 1 heterocycles. The number of hydrogen-bond acceptors (Lipinski definition) is 1. The summed E-state index contributed by atoms with van der Waals surface area (Å²) >= 11 is 0. The van der Waals surface area contributed by atoms with Crippen LogP contribution in [0.2, 0.25) is 0 Å². The van der Waals surface area contributed by atoms with Crippen LogP contribution < -0.4 is 0 Å². The van der Waals surface area contributed by atoms with Crippen LogP contribution in [0.15, 0.2) is 0 Å². The van der Waals surface area contributed by atoms with E-state index in [-0.39, 0.29) is 0 Å². The van der Waals surface area contributed by atoms with Crippen molar-refractivity contribution in [3.63, 3.8) is 0 Å². The normalized spacial score (nSPS) is 18.6. The maximum absolute atomic E-state index is 3.16. The molecule has 0 amide bonds. The Kier molecular flexibility index (Phi) is 4.08. The van der Waals surface area contributed by atoms with E-state index in [2.05, 4.69) is 23.7 Å². The predicted molar refractivity (Wildman–Crippen MR) is 48.4 cm³/mol. The SMILES string of the molecule is CCCCN1CCC#CCC1. The summed E-state index contributed by atoms with van der Waals surface area (Å²) in [6, 6.07) is 0. The second-order valence-electron chi connectivity index (χ2n) is 3.05. The minimum absolute atomic E-state index is 1.07. The van der Waals surface area contributed by atoms with E-state index in [1.807, 2.05) is 0 Å². The molecule has 1 aliphatic rings. The molecule has 0 bridgehead atoms. The fourth-order valence-electron chi connectivity index (χ4n) is 1.32. The lowest BCUT2D eigenvalue weighted by Gasteiger charge is -2.18. The molecule has 0 atom stereocenters.